The van der Waals surface area contributed by atoms with Crippen LogP contribution in [0.25, 0.3) is 6.08 Å². The van der Waals surface area contributed by atoms with Crippen molar-refractivity contribution in [2.45, 2.75) is 13.5 Å². The van der Waals surface area contributed by atoms with Crippen LogP contribution < -0.4 is 9.47 Å². The molecule has 0 aliphatic carbocycles. The minimum atomic E-state index is -0.104. The van der Waals surface area contributed by atoms with E-state index < -0.39 is 0 Å². The van der Waals surface area contributed by atoms with Gasteiger partial charge in [-0.3, -0.25) is 9.69 Å². The minimum Gasteiger partial charge on any atom is -0.497 e. The Kier molecular flexibility index (Phi) is 5.64. The molecule has 0 aromatic heterocycles. The lowest BCUT2D eigenvalue weighted by Crippen LogP contribution is -2.22. The molecule has 134 valence electrons. The van der Waals surface area contributed by atoms with Gasteiger partial charge in [-0.05, 0) is 36.8 Å². The topological polar surface area (TPSA) is 38.8 Å². The third kappa shape index (κ3) is 4.08. The van der Waals surface area contributed by atoms with Crippen LogP contribution in [0.3, 0.4) is 0 Å². The van der Waals surface area contributed by atoms with Gasteiger partial charge in [-0.15, -0.1) is 0 Å². The Bertz CT molecular complexity index is 875. The predicted octanol–water partition coefficient (Wildman–Crippen LogP) is 4.41. The number of methoxy groups -OCH3 is 1. The predicted molar refractivity (Wildman–Crippen MR) is 109 cm³/mol. The van der Waals surface area contributed by atoms with Gasteiger partial charge < -0.3 is 9.47 Å². The second kappa shape index (κ2) is 7.93. The Morgan fingerprint density at radius 3 is 2.54 bits per heavy atom. The SMILES string of the molecule is COc1ccc(OCc2ccc(C)cc2)c(/C=C2\SC(=S)N(C)C2=O)c1. The largest absolute Gasteiger partial charge is 0.497 e. The molecule has 0 unspecified atom stereocenters. The molecule has 1 aliphatic rings. The van der Waals surface area contributed by atoms with Gasteiger partial charge in [-0.25, -0.2) is 0 Å². The Hall–Kier alpha value is -2.31. The lowest BCUT2D eigenvalue weighted by molar-refractivity contribution is -0.121. The maximum absolute atomic E-state index is 12.3. The molecule has 0 atom stereocenters. The zero-order valence-electron chi connectivity index (χ0n) is 14.8. The third-order valence-electron chi connectivity index (χ3n) is 4.01. The summed E-state index contributed by atoms with van der Waals surface area (Å²) >= 11 is 6.48. The quantitative estimate of drug-likeness (QED) is 0.563. The van der Waals surface area contributed by atoms with E-state index in [0.29, 0.717) is 27.3 Å². The number of thiocarbonyl (C=S) groups is 1. The first-order valence-electron chi connectivity index (χ1n) is 8.06. The first-order chi connectivity index (χ1) is 12.5. The number of amides is 1. The summed E-state index contributed by atoms with van der Waals surface area (Å²) in [6.07, 6.45) is 1.80. The van der Waals surface area contributed by atoms with E-state index in [-0.39, 0.29) is 5.91 Å². The molecular weight excluding hydrogens is 366 g/mol. The van der Waals surface area contributed by atoms with Crippen LogP contribution >= 0.6 is 24.0 Å². The lowest BCUT2D eigenvalue weighted by atomic mass is 10.1. The number of carbonyl (C=O) groups excluding carboxylic acids is 1. The number of benzene rings is 2. The van der Waals surface area contributed by atoms with E-state index in [1.165, 1.54) is 22.2 Å². The summed E-state index contributed by atoms with van der Waals surface area (Å²) in [6.45, 7) is 2.50. The number of aryl methyl sites for hydroxylation is 1. The summed E-state index contributed by atoms with van der Waals surface area (Å²) in [6, 6.07) is 13.7. The van der Waals surface area contributed by atoms with Crippen LogP contribution in [0.2, 0.25) is 0 Å². The molecule has 6 heteroatoms. The van der Waals surface area contributed by atoms with Crippen molar-refractivity contribution in [3.8, 4) is 11.5 Å². The molecule has 1 fully saturated rings. The summed E-state index contributed by atoms with van der Waals surface area (Å²) in [5, 5.41) is 0. The number of nitrogens with zero attached hydrogens (tertiary/aromatic N) is 1. The fraction of sp³-hybridized carbons (Fsp3) is 0.200. The van der Waals surface area contributed by atoms with Gasteiger partial charge in [-0.1, -0.05) is 53.8 Å². The fourth-order valence-corrected chi connectivity index (χ4v) is 3.60. The Labute approximate surface area is 162 Å². The van der Waals surface area contributed by atoms with Crippen molar-refractivity contribution in [1.29, 1.82) is 0 Å². The number of hydrogen-bond acceptors (Lipinski definition) is 5. The van der Waals surface area contributed by atoms with Crippen molar-refractivity contribution in [1.82, 2.24) is 4.90 Å². The van der Waals surface area contributed by atoms with Crippen LogP contribution in [-0.4, -0.2) is 29.3 Å². The van der Waals surface area contributed by atoms with Gasteiger partial charge in [0.1, 0.15) is 22.4 Å². The molecule has 0 radical (unpaired) electrons. The number of carbonyl (C=O) groups is 1. The lowest BCUT2D eigenvalue weighted by Gasteiger charge is -2.11. The monoisotopic (exact) mass is 385 g/mol. The first-order valence-corrected chi connectivity index (χ1v) is 9.28. The third-order valence-corrected chi connectivity index (χ3v) is 5.49. The molecule has 3 rings (SSSR count). The van der Waals surface area contributed by atoms with E-state index in [2.05, 4.69) is 19.1 Å². The summed E-state index contributed by atoms with van der Waals surface area (Å²) in [4.78, 5) is 14.3. The maximum Gasteiger partial charge on any atom is 0.265 e. The van der Waals surface area contributed by atoms with Gasteiger partial charge in [0, 0.05) is 12.6 Å². The number of thioether (sulfide) groups is 1. The van der Waals surface area contributed by atoms with Crippen LogP contribution in [0.4, 0.5) is 0 Å². The molecule has 2 aromatic carbocycles. The molecule has 0 bridgehead atoms. The zero-order valence-corrected chi connectivity index (χ0v) is 16.4. The standard InChI is InChI=1S/C20H19NO3S2/c1-13-4-6-14(7-5-13)12-24-17-9-8-16(23-3)10-15(17)11-18-19(22)21(2)20(25)26-18/h4-11H,12H2,1-3H3/b18-11-. The van der Waals surface area contributed by atoms with Gasteiger partial charge >= 0.3 is 0 Å². The number of rotatable bonds is 5. The van der Waals surface area contributed by atoms with E-state index in [9.17, 15) is 4.79 Å². The number of likely N-dealkylation sites (N-methyl/N-ethyl adjacent to an activating group) is 1. The average molecular weight is 386 g/mol. The van der Waals surface area contributed by atoms with Crippen LogP contribution in [-0.2, 0) is 11.4 Å². The van der Waals surface area contributed by atoms with Crippen molar-refractivity contribution < 1.29 is 14.3 Å². The van der Waals surface area contributed by atoms with Crippen LogP contribution in [0.5, 0.6) is 11.5 Å². The highest BCUT2D eigenvalue weighted by molar-refractivity contribution is 8.26. The van der Waals surface area contributed by atoms with Crippen molar-refractivity contribution in [3.63, 3.8) is 0 Å². The highest BCUT2D eigenvalue weighted by Crippen LogP contribution is 2.34. The zero-order chi connectivity index (χ0) is 18.7. The molecule has 1 aliphatic heterocycles. The van der Waals surface area contributed by atoms with Gasteiger partial charge in [0.05, 0.1) is 12.0 Å². The van der Waals surface area contributed by atoms with Crippen LogP contribution in [0, 0.1) is 6.92 Å². The number of hydrogen-bond donors (Lipinski definition) is 0. The average Bonchev–Trinajstić information content (AvgIpc) is 2.88. The van der Waals surface area contributed by atoms with Crippen LogP contribution in [0.15, 0.2) is 47.4 Å². The summed E-state index contributed by atoms with van der Waals surface area (Å²) in [7, 11) is 3.29. The van der Waals surface area contributed by atoms with Crippen molar-refractivity contribution in [3.05, 3.63) is 64.1 Å². The van der Waals surface area contributed by atoms with E-state index in [4.69, 9.17) is 21.7 Å². The van der Waals surface area contributed by atoms with Gasteiger partial charge in [-0.2, -0.15) is 0 Å². The molecule has 2 aromatic rings. The Morgan fingerprint density at radius 2 is 1.92 bits per heavy atom. The first kappa shape index (κ1) is 18.5. The Morgan fingerprint density at radius 1 is 1.19 bits per heavy atom. The van der Waals surface area contributed by atoms with Crippen molar-refractivity contribution in [2.24, 2.45) is 0 Å². The molecule has 1 amide bonds. The summed E-state index contributed by atoms with van der Waals surface area (Å²) < 4.78 is 11.8. The molecular formula is C20H19NO3S2. The van der Waals surface area contributed by atoms with Crippen molar-refractivity contribution >= 4 is 40.3 Å². The smallest absolute Gasteiger partial charge is 0.265 e. The highest BCUT2D eigenvalue weighted by Gasteiger charge is 2.29. The van der Waals surface area contributed by atoms with Crippen LogP contribution in [0.1, 0.15) is 16.7 Å². The maximum atomic E-state index is 12.3. The number of ether oxygens (including phenoxy) is 2. The summed E-state index contributed by atoms with van der Waals surface area (Å²) in [5.74, 6) is 1.28. The van der Waals surface area contributed by atoms with E-state index in [1.54, 1.807) is 20.2 Å². The van der Waals surface area contributed by atoms with Crippen molar-refractivity contribution in [2.75, 3.05) is 14.2 Å². The normalized spacial score (nSPS) is 15.7. The van der Waals surface area contributed by atoms with E-state index >= 15 is 0 Å². The molecule has 1 saturated heterocycles. The Balaban J connectivity index is 1.87. The molecule has 4 nitrogen and oxygen atoms in total. The minimum absolute atomic E-state index is 0.104. The molecule has 0 N–H and O–H groups in total. The van der Waals surface area contributed by atoms with Gasteiger partial charge in [0.2, 0.25) is 0 Å². The highest BCUT2D eigenvalue weighted by atomic mass is 32.2. The van der Waals surface area contributed by atoms with E-state index in [1.807, 2.05) is 30.3 Å². The molecule has 0 saturated carbocycles. The van der Waals surface area contributed by atoms with Gasteiger partial charge in [0.15, 0.2) is 0 Å². The molecule has 26 heavy (non-hydrogen) atoms. The summed E-state index contributed by atoms with van der Waals surface area (Å²) in [5.41, 5.74) is 3.07. The second-order valence-corrected chi connectivity index (χ2v) is 7.59. The van der Waals surface area contributed by atoms with E-state index in [0.717, 1.165) is 11.1 Å². The molecule has 1 heterocycles. The molecule has 0 spiro atoms. The fourth-order valence-electron chi connectivity index (χ4n) is 2.43. The van der Waals surface area contributed by atoms with Gasteiger partial charge in [0.25, 0.3) is 5.91 Å². The second-order valence-electron chi connectivity index (χ2n) is 5.92.